The van der Waals surface area contributed by atoms with Crippen molar-refractivity contribution in [1.29, 1.82) is 0 Å². The van der Waals surface area contributed by atoms with Crippen LogP contribution in [0.2, 0.25) is 0 Å². The minimum absolute atomic E-state index is 0.190. The summed E-state index contributed by atoms with van der Waals surface area (Å²) in [6.45, 7) is 2.14. The molecule has 2 heterocycles. The summed E-state index contributed by atoms with van der Waals surface area (Å²) < 4.78 is 0. The third-order valence-electron chi connectivity index (χ3n) is 3.85. The van der Waals surface area contributed by atoms with Gasteiger partial charge in [-0.2, -0.15) is 0 Å². The summed E-state index contributed by atoms with van der Waals surface area (Å²) in [7, 11) is 0. The highest BCUT2D eigenvalue weighted by molar-refractivity contribution is 6.21. The van der Waals surface area contributed by atoms with Crippen LogP contribution in [0.5, 0.6) is 0 Å². The van der Waals surface area contributed by atoms with E-state index < -0.39 is 0 Å². The molecule has 122 valence electrons. The van der Waals surface area contributed by atoms with E-state index in [9.17, 15) is 14.4 Å². The van der Waals surface area contributed by atoms with Crippen molar-refractivity contribution in [2.45, 2.75) is 19.8 Å². The molecular formula is C18H17N3O3. The summed E-state index contributed by atoms with van der Waals surface area (Å²) in [6, 6.07) is 10.4. The number of hydrogen-bond acceptors (Lipinski definition) is 4. The van der Waals surface area contributed by atoms with Crippen molar-refractivity contribution in [3.05, 3.63) is 59.3 Å². The van der Waals surface area contributed by atoms with Crippen LogP contribution in [-0.4, -0.2) is 34.2 Å². The van der Waals surface area contributed by atoms with E-state index in [2.05, 4.69) is 10.3 Å². The van der Waals surface area contributed by atoms with Crippen LogP contribution in [0.1, 0.15) is 39.1 Å². The third kappa shape index (κ3) is 3.17. The fraction of sp³-hybridized carbons (Fsp3) is 0.222. The molecule has 2 aromatic rings. The number of fused-ring (bicyclic) bond motifs is 1. The number of carbonyl (C=O) groups excluding carboxylic acids is 3. The molecule has 24 heavy (non-hydrogen) atoms. The van der Waals surface area contributed by atoms with Crippen molar-refractivity contribution in [2.75, 3.05) is 11.9 Å². The first-order chi connectivity index (χ1) is 11.6. The number of carbonyl (C=O) groups is 3. The number of rotatable bonds is 5. The van der Waals surface area contributed by atoms with E-state index >= 15 is 0 Å². The smallest absolute Gasteiger partial charge is 0.261 e. The normalized spacial score (nSPS) is 13.1. The number of nitrogens with zero attached hydrogens (tertiary/aromatic N) is 2. The van der Waals surface area contributed by atoms with Gasteiger partial charge in [0.1, 0.15) is 5.82 Å². The number of anilines is 1. The van der Waals surface area contributed by atoms with Gasteiger partial charge in [0.15, 0.2) is 0 Å². The van der Waals surface area contributed by atoms with Crippen LogP contribution >= 0.6 is 0 Å². The Kier molecular flexibility index (Phi) is 4.37. The van der Waals surface area contributed by atoms with Gasteiger partial charge in [-0.05, 0) is 43.2 Å². The lowest BCUT2D eigenvalue weighted by Crippen LogP contribution is -2.31. The number of aryl methyl sites for hydroxylation is 1. The lowest BCUT2D eigenvalue weighted by molar-refractivity contribution is -0.116. The van der Waals surface area contributed by atoms with Crippen molar-refractivity contribution in [2.24, 2.45) is 0 Å². The molecule has 3 amide bonds. The topological polar surface area (TPSA) is 79.4 Å². The SMILES string of the molecule is Cc1ccnc(NC(=O)CCCN2C(=O)c3ccccc3C2=O)c1. The molecule has 0 saturated carbocycles. The van der Waals surface area contributed by atoms with E-state index in [1.165, 1.54) is 4.90 Å². The van der Waals surface area contributed by atoms with Crippen molar-refractivity contribution in [3.8, 4) is 0 Å². The Hall–Kier alpha value is -3.02. The molecule has 0 atom stereocenters. The number of pyridine rings is 1. The summed E-state index contributed by atoms with van der Waals surface area (Å²) in [5, 5.41) is 2.71. The fourth-order valence-corrected chi connectivity index (χ4v) is 2.65. The lowest BCUT2D eigenvalue weighted by atomic mass is 10.1. The quantitative estimate of drug-likeness (QED) is 0.857. The van der Waals surface area contributed by atoms with E-state index in [0.29, 0.717) is 23.4 Å². The Balaban J connectivity index is 1.53. The van der Waals surface area contributed by atoms with Gasteiger partial charge >= 0.3 is 0 Å². The van der Waals surface area contributed by atoms with E-state index in [1.54, 1.807) is 36.5 Å². The van der Waals surface area contributed by atoms with Crippen molar-refractivity contribution < 1.29 is 14.4 Å². The largest absolute Gasteiger partial charge is 0.311 e. The number of nitrogens with one attached hydrogen (secondary N) is 1. The van der Waals surface area contributed by atoms with Crippen LogP contribution in [0.3, 0.4) is 0 Å². The zero-order valence-corrected chi connectivity index (χ0v) is 13.3. The van der Waals surface area contributed by atoms with Crippen molar-refractivity contribution in [1.82, 2.24) is 9.88 Å². The summed E-state index contributed by atoms with van der Waals surface area (Å²) in [6.07, 6.45) is 2.25. The molecule has 3 rings (SSSR count). The van der Waals surface area contributed by atoms with E-state index in [0.717, 1.165) is 5.56 Å². The first-order valence-corrected chi connectivity index (χ1v) is 7.74. The van der Waals surface area contributed by atoms with E-state index in [4.69, 9.17) is 0 Å². The first kappa shape index (κ1) is 15.9. The van der Waals surface area contributed by atoms with Gasteiger partial charge in [-0.3, -0.25) is 19.3 Å². The molecule has 0 radical (unpaired) electrons. The van der Waals surface area contributed by atoms with Gasteiger partial charge in [0, 0.05) is 19.2 Å². The number of amides is 3. The Morgan fingerprint density at radius 2 is 1.79 bits per heavy atom. The Labute approximate surface area is 139 Å². The summed E-state index contributed by atoms with van der Waals surface area (Å²) in [5.41, 5.74) is 1.86. The second-order valence-corrected chi connectivity index (χ2v) is 5.68. The number of imide groups is 1. The second-order valence-electron chi connectivity index (χ2n) is 5.68. The van der Waals surface area contributed by atoms with Crippen molar-refractivity contribution in [3.63, 3.8) is 0 Å². The second kappa shape index (κ2) is 6.62. The van der Waals surface area contributed by atoms with Gasteiger partial charge in [-0.25, -0.2) is 4.98 Å². The molecule has 0 spiro atoms. The van der Waals surface area contributed by atoms with Crippen LogP contribution in [0.15, 0.2) is 42.6 Å². The minimum atomic E-state index is -0.295. The van der Waals surface area contributed by atoms with E-state index in [1.807, 2.05) is 13.0 Å². The molecule has 1 aromatic carbocycles. The average molecular weight is 323 g/mol. The van der Waals surface area contributed by atoms with Crippen LogP contribution in [0, 0.1) is 6.92 Å². The fourth-order valence-electron chi connectivity index (χ4n) is 2.65. The van der Waals surface area contributed by atoms with Gasteiger partial charge < -0.3 is 5.32 Å². The molecule has 6 heteroatoms. The predicted molar refractivity (Wildman–Crippen MR) is 88.6 cm³/mol. The standard InChI is InChI=1S/C18H17N3O3/c1-12-8-9-19-15(11-12)20-16(22)7-4-10-21-17(23)13-5-2-3-6-14(13)18(21)24/h2-3,5-6,8-9,11H,4,7,10H2,1H3,(H,19,20,22). The van der Waals surface area contributed by atoms with Crippen LogP contribution in [-0.2, 0) is 4.79 Å². The predicted octanol–water partition coefficient (Wildman–Crippen LogP) is 2.40. The molecule has 0 fully saturated rings. The molecular weight excluding hydrogens is 306 g/mol. The first-order valence-electron chi connectivity index (χ1n) is 7.74. The van der Waals surface area contributed by atoms with E-state index in [-0.39, 0.29) is 30.7 Å². The number of aromatic nitrogens is 1. The molecule has 0 aliphatic carbocycles. The third-order valence-corrected chi connectivity index (χ3v) is 3.85. The van der Waals surface area contributed by atoms with Gasteiger partial charge in [-0.1, -0.05) is 12.1 Å². The summed E-state index contributed by atoms with van der Waals surface area (Å²) >= 11 is 0. The maximum atomic E-state index is 12.2. The van der Waals surface area contributed by atoms with Gasteiger partial charge in [0.25, 0.3) is 11.8 Å². The highest BCUT2D eigenvalue weighted by Gasteiger charge is 2.34. The molecule has 6 nitrogen and oxygen atoms in total. The maximum absolute atomic E-state index is 12.2. The lowest BCUT2D eigenvalue weighted by Gasteiger charge is -2.13. The zero-order valence-electron chi connectivity index (χ0n) is 13.3. The molecule has 1 aliphatic rings. The molecule has 1 aromatic heterocycles. The molecule has 0 unspecified atom stereocenters. The Bertz CT molecular complexity index is 782. The highest BCUT2D eigenvalue weighted by atomic mass is 16.2. The number of hydrogen-bond donors (Lipinski definition) is 1. The van der Waals surface area contributed by atoms with Crippen LogP contribution < -0.4 is 5.32 Å². The Morgan fingerprint density at radius 1 is 1.12 bits per heavy atom. The summed E-state index contributed by atoms with van der Waals surface area (Å²) in [4.78, 5) is 41.6. The van der Waals surface area contributed by atoms with Gasteiger partial charge in [-0.15, -0.1) is 0 Å². The highest BCUT2D eigenvalue weighted by Crippen LogP contribution is 2.22. The maximum Gasteiger partial charge on any atom is 0.261 e. The minimum Gasteiger partial charge on any atom is -0.311 e. The molecule has 1 N–H and O–H groups in total. The van der Waals surface area contributed by atoms with Crippen LogP contribution in [0.4, 0.5) is 5.82 Å². The number of benzene rings is 1. The average Bonchev–Trinajstić information content (AvgIpc) is 2.80. The summed E-state index contributed by atoms with van der Waals surface area (Å²) in [5.74, 6) is -0.279. The Morgan fingerprint density at radius 3 is 2.42 bits per heavy atom. The van der Waals surface area contributed by atoms with Crippen LogP contribution in [0.25, 0.3) is 0 Å². The zero-order chi connectivity index (χ0) is 17.1. The van der Waals surface area contributed by atoms with Gasteiger partial charge in [0.05, 0.1) is 11.1 Å². The van der Waals surface area contributed by atoms with Gasteiger partial charge in [0.2, 0.25) is 5.91 Å². The molecule has 1 aliphatic heterocycles. The monoisotopic (exact) mass is 323 g/mol. The molecule has 0 bridgehead atoms. The van der Waals surface area contributed by atoms with Crippen molar-refractivity contribution >= 4 is 23.5 Å². The molecule has 0 saturated heterocycles.